The van der Waals surface area contributed by atoms with E-state index in [2.05, 4.69) is 32.0 Å². The first-order valence-electron chi connectivity index (χ1n) is 8.37. The SMILES string of the molecule is Cc1cccc2c1N(C(=O)[C@@H]1CS[C@]3(C)CCC(=O)N13)CCC2. The van der Waals surface area contributed by atoms with Gasteiger partial charge in [0, 0.05) is 24.4 Å². The average Bonchev–Trinajstić information content (AvgIpc) is 3.03. The van der Waals surface area contributed by atoms with E-state index in [4.69, 9.17) is 0 Å². The molecule has 2 atom stereocenters. The van der Waals surface area contributed by atoms with Gasteiger partial charge in [0.1, 0.15) is 6.04 Å². The molecule has 23 heavy (non-hydrogen) atoms. The number of carbonyl (C=O) groups excluding carboxylic acids is 2. The zero-order valence-electron chi connectivity index (χ0n) is 13.7. The molecular weight excluding hydrogens is 308 g/mol. The minimum atomic E-state index is -0.300. The summed E-state index contributed by atoms with van der Waals surface area (Å²) in [6.07, 6.45) is 3.45. The van der Waals surface area contributed by atoms with Crippen molar-refractivity contribution >= 4 is 29.3 Å². The topological polar surface area (TPSA) is 40.6 Å². The van der Waals surface area contributed by atoms with Crippen LogP contribution in [-0.4, -0.2) is 39.9 Å². The van der Waals surface area contributed by atoms with Crippen molar-refractivity contribution in [1.82, 2.24) is 4.90 Å². The molecule has 0 radical (unpaired) electrons. The standard InChI is InChI=1S/C18H22N2O2S/c1-12-5-3-6-13-7-4-10-19(16(12)13)17(22)14-11-23-18(2)9-8-15(21)20(14)18/h3,5-6,14H,4,7-11H2,1-2H3/t14-,18+/m0/s1. The maximum Gasteiger partial charge on any atom is 0.250 e. The second kappa shape index (κ2) is 5.26. The van der Waals surface area contributed by atoms with Crippen molar-refractivity contribution in [3.05, 3.63) is 29.3 Å². The first-order chi connectivity index (χ1) is 11.0. The number of thioether (sulfide) groups is 1. The Balaban J connectivity index is 1.68. The molecule has 1 aromatic rings. The molecule has 4 nitrogen and oxygen atoms in total. The lowest BCUT2D eigenvalue weighted by molar-refractivity contribution is -0.136. The van der Waals surface area contributed by atoms with Crippen LogP contribution in [0.25, 0.3) is 0 Å². The molecule has 0 spiro atoms. The minimum absolute atomic E-state index is 0.103. The summed E-state index contributed by atoms with van der Waals surface area (Å²) >= 11 is 1.76. The summed E-state index contributed by atoms with van der Waals surface area (Å²) < 4.78 is 0. The van der Waals surface area contributed by atoms with Gasteiger partial charge < -0.3 is 9.80 Å². The predicted molar refractivity (Wildman–Crippen MR) is 92.6 cm³/mol. The van der Waals surface area contributed by atoms with E-state index >= 15 is 0 Å². The molecule has 3 aliphatic heterocycles. The highest BCUT2D eigenvalue weighted by atomic mass is 32.2. The molecule has 0 N–H and O–H groups in total. The van der Waals surface area contributed by atoms with Gasteiger partial charge in [-0.1, -0.05) is 18.2 Å². The molecule has 0 aromatic heterocycles. The first-order valence-corrected chi connectivity index (χ1v) is 9.36. The number of amides is 2. The second-order valence-electron chi connectivity index (χ2n) is 6.94. The molecule has 0 unspecified atom stereocenters. The number of carbonyl (C=O) groups is 2. The van der Waals surface area contributed by atoms with Crippen LogP contribution in [0.2, 0.25) is 0 Å². The number of benzene rings is 1. The summed E-state index contributed by atoms with van der Waals surface area (Å²) in [7, 11) is 0. The summed E-state index contributed by atoms with van der Waals surface area (Å²) in [5.41, 5.74) is 3.48. The molecule has 0 aliphatic carbocycles. The smallest absolute Gasteiger partial charge is 0.250 e. The van der Waals surface area contributed by atoms with E-state index < -0.39 is 0 Å². The summed E-state index contributed by atoms with van der Waals surface area (Å²) in [6, 6.07) is 5.95. The fourth-order valence-corrected chi connectivity index (χ4v) is 5.67. The highest BCUT2D eigenvalue weighted by molar-refractivity contribution is 8.01. The van der Waals surface area contributed by atoms with Gasteiger partial charge in [-0.3, -0.25) is 9.59 Å². The van der Waals surface area contributed by atoms with E-state index in [1.807, 2.05) is 9.80 Å². The molecule has 3 aliphatic rings. The van der Waals surface area contributed by atoms with Crippen LogP contribution in [0, 0.1) is 6.92 Å². The first kappa shape index (κ1) is 15.1. The van der Waals surface area contributed by atoms with Crippen LogP contribution in [0.3, 0.4) is 0 Å². The van der Waals surface area contributed by atoms with Crippen molar-refractivity contribution in [3.8, 4) is 0 Å². The third-order valence-electron chi connectivity index (χ3n) is 5.42. The Labute approximate surface area is 141 Å². The largest absolute Gasteiger partial charge is 0.315 e. The van der Waals surface area contributed by atoms with Gasteiger partial charge in [0.15, 0.2) is 0 Å². The molecule has 3 heterocycles. The third-order valence-corrected chi connectivity index (χ3v) is 6.92. The summed E-state index contributed by atoms with van der Waals surface area (Å²) in [5.74, 6) is 0.961. The molecule has 0 bridgehead atoms. The highest BCUT2D eigenvalue weighted by Gasteiger charge is 2.53. The van der Waals surface area contributed by atoms with Crippen molar-refractivity contribution in [2.24, 2.45) is 0 Å². The number of rotatable bonds is 1. The molecule has 2 saturated heterocycles. The van der Waals surface area contributed by atoms with E-state index in [9.17, 15) is 9.59 Å². The number of anilines is 1. The second-order valence-corrected chi connectivity index (χ2v) is 8.44. The molecule has 2 amide bonds. The van der Waals surface area contributed by atoms with Gasteiger partial charge in [-0.2, -0.15) is 0 Å². The Morgan fingerprint density at radius 2 is 2.17 bits per heavy atom. The van der Waals surface area contributed by atoms with Gasteiger partial charge in [-0.05, 0) is 44.2 Å². The van der Waals surface area contributed by atoms with Crippen molar-refractivity contribution in [1.29, 1.82) is 0 Å². The monoisotopic (exact) mass is 330 g/mol. The maximum atomic E-state index is 13.3. The molecule has 0 saturated carbocycles. The summed E-state index contributed by atoms with van der Waals surface area (Å²) in [4.78, 5) is 29.2. The lowest BCUT2D eigenvalue weighted by Gasteiger charge is -2.36. The van der Waals surface area contributed by atoms with Crippen LogP contribution in [0.4, 0.5) is 5.69 Å². The van der Waals surface area contributed by atoms with E-state index in [0.29, 0.717) is 6.42 Å². The number of hydrogen-bond donors (Lipinski definition) is 0. The molecule has 5 heteroatoms. The summed E-state index contributed by atoms with van der Waals surface area (Å²) in [5, 5.41) is 0. The van der Waals surface area contributed by atoms with Crippen LogP contribution in [-0.2, 0) is 16.0 Å². The van der Waals surface area contributed by atoms with Crippen LogP contribution in [0.1, 0.15) is 37.3 Å². The van der Waals surface area contributed by atoms with Crippen molar-refractivity contribution in [3.63, 3.8) is 0 Å². The van der Waals surface area contributed by atoms with Gasteiger partial charge in [0.25, 0.3) is 5.91 Å². The lowest BCUT2D eigenvalue weighted by atomic mass is 9.97. The van der Waals surface area contributed by atoms with Gasteiger partial charge in [-0.25, -0.2) is 0 Å². The summed E-state index contributed by atoms with van der Waals surface area (Å²) in [6.45, 7) is 4.93. The highest BCUT2D eigenvalue weighted by Crippen LogP contribution is 2.48. The fraction of sp³-hybridized carbons (Fsp3) is 0.556. The molecule has 4 rings (SSSR count). The molecule has 1 aromatic carbocycles. The van der Waals surface area contributed by atoms with Crippen LogP contribution in [0.5, 0.6) is 0 Å². The fourth-order valence-electron chi connectivity index (χ4n) is 4.25. The molecular formula is C18H22N2O2S. The molecule has 122 valence electrons. The number of hydrogen-bond acceptors (Lipinski definition) is 3. The third kappa shape index (κ3) is 2.20. The number of fused-ring (bicyclic) bond motifs is 2. The van der Waals surface area contributed by atoms with E-state index in [1.54, 1.807) is 11.8 Å². The van der Waals surface area contributed by atoms with Crippen molar-refractivity contribution in [2.45, 2.75) is 50.4 Å². The van der Waals surface area contributed by atoms with E-state index in [-0.39, 0.29) is 22.7 Å². The van der Waals surface area contributed by atoms with Crippen molar-refractivity contribution in [2.75, 3.05) is 17.2 Å². The Morgan fingerprint density at radius 3 is 3.00 bits per heavy atom. The Morgan fingerprint density at radius 1 is 1.35 bits per heavy atom. The van der Waals surface area contributed by atoms with Crippen LogP contribution in [0.15, 0.2) is 18.2 Å². The minimum Gasteiger partial charge on any atom is -0.315 e. The van der Waals surface area contributed by atoms with Crippen molar-refractivity contribution < 1.29 is 9.59 Å². The van der Waals surface area contributed by atoms with Gasteiger partial charge in [-0.15, -0.1) is 11.8 Å². The zero-order valence-corrected chi connectivity index (χ0v) is 14.5. The van der Waals surface area contributed by atoms with Crippen LogP contribution >= 0.6 is 11.8 Å². The van der Waals surface area contributed by atoms with Gasteiger partial charge >= 0.3 is 0 Å². The Hall–Kier alpha value is -1.49. The van der Waals surface area contributed by atoms with Gasteiger partial charge in [0.2, 0.25) is 5.91 Å². The van der Waals surface area contributed by atoms with E-state index in [0.717, 1.165) is 42.8 Å². The number of para-hydroxylation sites is 1. The zero-order chi connectivity index (χ0) is 16.2. The predicted octanol–water partition coefficient (Wildman–Crippen LogP) is 2.73. The quantitative estimate of drug-likeness (QED) is 0.795. The number of aryl methyl sites for hydroxylation is 2. The van der Waals surface area contributed by atoms with Crippen LogP contribution < -0.4 is 4.90 Å². The molecule has 2 fully saturated rings. The lowest BCUT2D eigenvalue weighted by Crippen LogP contribution is -2.52. The average molecular weight is 330 g/mol. The van der Waals surface area contributed by atoms with Gasteiger partial charge in [0.05, 0.1) is 4.87 Å². The maximum absolute atomic E-state index is 13.3. The van der Waals surface area contributed by atoms with E-state index in [1.165, 1.54) is 5.56 Å². The normalized spacial score (nSPS) is 29.7. The Bertz CT molecular complexity index is 690. The Kier molecular flexibility index (Phi) is 3.45. The number of nitrogens with zero attached hydrogens (tertiary/aromatic N) is 2.